The van der Waals surface area contributed by atoms with Gasteiger partial charge in [-0.1, -0.05) is 12.2 Å². The Morgan fingerprint density at radius 1 is 1.50 bits per heavy atom. The Morgan fingerprint density at radius 3 is 2.60 bits per heavy atom. The average Bonchev–Trinajstić information content (AvgIpc) is 2.20. The molecule has 1 aromatic heterocycles. The third-order valence-corrected chi connectivity index (χ3v) is 1.82. The molecule has 0 saturated carbocycles. The minimum atomic E-state index is 0.582. The topological polar surface area (TPSA) is 40.8 Å². The molecule has 10 heavy (non-hydrogen) atoms. The van der Waals surface area contributed by atoms with Crippen LogP contribution in [0.5, 0.6) is 0 Å². The van der Waals surface area contributed by atoms with Crippen LogP contribution in [0.2, 0.25) is 0 Å². The fourth-order valence-electron chi connectivity index (χ4n) is 0.745. The molecule has 0 bridgehead atoms. The molecule has 0 aliphatic carbocycles. The maximum atomic E-state index is 4.95. The molecule has 0 saturated heterocycles. The lowest BCUT2D eigenvalue weighted by Crippen LogP contribution is -1.89. The summed E-state index contributed by atoms with van der Waals surface area (Å²) < 4.78 is 5.68. The summed E-state index contributed by atoms with van der Waals surface area (Å²) >= 11 is 4.95. The second kappa shape index (κ2) is 2.98. The number of aromatic amines is 2. The van der Waals surface area contributed by atoms with Crippen LogP contribution in [0.1, 0.15) is 11.3 Å². The Morgan fingerprint density at radius 2 is 2.20 bits per heavy atom. The summed E-state index contributed by atoms with van der Waals surface area (Å²) in [6.07, 6.45) is 0. The van der Waals surface area contributed by atoms with E-state index in [1.165, 1.54) is 0 Å². The Bertz CT molecular complexity index is 263. The first-order valence-electron chi connectivity index (χ1n) is 3.00. The summed E-state index contributed by atoms with van der Waals surface area (Å²) in [5.41, 5.74) is 2.09. The summed E-state index contributed by atoms with van der Waals surface area (Å²) in [6.45, 7) is 2.54. The largest absolute Gasteiger partial charge is 0.378 e. The van der Waals surface area contributed by atoms with Gasteiger partial charge in [-0.2, -0.15) is 0 Å². The van der Waals surface area contributed by atoms with Crippen LogP contribution in [0.15, 0.2) is 0 Å². The highest BCUT2D eigenvalue weighted by atomic mass is 32.1. The zero-order valence-corrected chi connectivity index (χ0v) is 6.84. The highest BCUT2D eigenvalue weighted by Crippen LogP contribution is 2.05. The first-order chi connectivity index (χ1) is 4.75. The summed E-state index contributed by atoms with van der Waals surface area (Å²) in [5.74, 6) is 0. The van der Waals surface area contributed by atoms with Crippen molar-refractivity contribution in [3.05, 3.63) is 15.9 Å². The molecule has 1 aromatic rings. The van der Waals surface area contributed by atoms with Gasteiger partial charge >= 0.3 is 0 Å². The van der Waals surface area contributed by atoms with E-state index in [4.69, 9.17) is 17.0 Å². The third kappa shape index (κ3) is 1.27. The minimum Gasteiger partial charge on any atom is -0.378 e. The quantitative estimate of drug-likeness (QED) is 0.641. The molecule has 1 rings (SSSR count). The van der Waals surface area contributed by atoms with Crippen LogP contribution in [0.25, 0.3) is 0 Å². The standard InChI is InChI=1S/C6H10N2OS/c1-4-5(3-9-2)7-8-6(4)10/h3H2,1-2H3,(H2,7,8,10). The number of hydrogen-bond acceptors (Lipinski definition) is 2. The number of aromatic nitrogens is 2. The van der Waals surface area contributed by atoms with E-state index in [9.17, 15) is 0 Å². The van der Waals surface area contributed by atoms with E-state index in [2.05, 4.69) is 10.2 Å². The van der Waals surface area contributed by atoms with Crippen molar-refractivity contribution in [3.8, 4) is 0 Å². The molecule has 1 heterocycles. The summed E-state index contributed by atoms with van der Waals surface area (Å²) in [7, 11) is 1.66. The highest BCUT2D eigenvalue weighted by molar-refractivity contribution is 7.71. The van der Waals surface area contributed by atoms with Crippen LogP contribution in [0.4, 0.5) is 0 Å². The van der Waals surface area contributed by atoms with E-state index in [0.29, 0.717) is 6.61 Å². The molecule has 2 N–H and O–H groups in total. The molecule has 0 spiro atoms. The van der Waals surface area contributed by atoms with E-state index < -0.39 is 0 Å². The Balaban J connectivity index is 2.94. The lowest BCUT2D eigenvalue weighted by Gasteiger charge is -1.93. The molecule has 0 atom stereocenters. The maximum Gasteiger partial charge on any atom is 0.122 e. The van der Waals surface area contributed by atoms with Crippen molar-refractivity contribution in [1.29, 1.82) is 0 Å². The van der Waals surface area contributed by atoms with Crippen molar-refractivity contribution < 1.29 is 4.74 Å². The first kappa shape index (κ1) is 7.50. The van der Waals surface area contributed by atoms with Gasteiger partial charge < -0.3 is 9.84 Å². The molecular formula is C6H10N2OS. The van der Waals surface area contributed by atoms with Crippen LogP contribution < -0.4 is 0 Å². The van der Waals surface area contributed by atoms with Gasteiger partial charge in [-0.15, -0.1) is 0 Å². The van der Waals surface area contributed by atoms with Gasteiger partial charge in [0.2, 0.25) is 0 Å². The van der Waals surface area contributed by atoms with Crippen molar-refractivity contribution in [2.24, 2.45) is 0 Å². The number of H-pyrrole nitrogens is 2. The molecule has 0 aliphatic rings. The first-order valence-corrected chi connectivity index (χ1v) is 3.41. The molecule has 0 aliphatic heterocycles. The highest BCUT2D eigenvalue weighted by Gasteiger charge is 1.99. The Hall–Kier alpha value is -0.610. The van der Waals surface area contributed by atoms with Crippen LogP contribution in [0.3, 0.4) is 0 Å². The van der Waals surface area contributed by atoms with E-state index in [-0.39, 0.29) is 0 Å². The van der Waals surface area contributed by atoms with Crippen LogP contribution in [0, 0.1) is 11.6 Å². The fraction of sp³-hybridized carbons (Fsp3) is 0.500. The molecule has 0 aromatic carbocycles. The minimum absolute atomic E-state index is 0.582. The summed E-state index contributed by atoms with van der Waals surface area (Å²) in [5, 5.41) is 5.75. The van der Waals surface area contributed by atoms with E-state index >= 15 is 0 Å². The van der Waals surface area contributed by atoms with Gasteiger partial charge in [0.15, 0.2) is 0 Å². The lowest BCUT2D eigenvalue weighted by molar-refractivity contribution is 0.181. The van der Waals surface area contributed by atoms with Gasteiger partial charge in [0.25, 0.3) is 0 Å². The number of methoxy groups -OCH3 is 1. The van der Waals surface area contributed by atoms with Gasteiger partial charge in [-0.3, -0.25) is 5.10 Å². The average molecular weight is 158 g/mol. The molecule has 0 radical (unpaired) electrons. The van der Waals surface area contributed by atoms with Crippen molar-refractivity contribution >= 4 is 12.2 Å². The molecule has 0 amide bonds. The molecule has 4 heteroatoms. The van der Waals surface area contributed by atoms with Gasteiger partial charge in [-0.05, 0) is 6.92 Å². The smallest absolute Gasteiger partial charge is 0.122 e. The van der Waals surface area contributed by atoms with Crippen molar-refractivity contribution in [2.75, 3.05) is 7.11 Å². The third-order valence-electron chi connectivity index (χ3n) is 1.41. The van der Waals surface area contributed by atoms with Crippen LogP contribution >= 0.6 is 12.2 Å². The molecular weight excluding hydrogens is 148 g/mol. The van der Waals surface area contributed by atoms with Crippen molar-refractivity contribution in [3.63, 3.8) is 0 Å². The van der Waals surface area contributed by atoms with E-state index in [0.717, 1.165) is 15.9 Å². The normalized spacial score (nSPS) is 10.2. The van der Waals surface area contributed by atoms with Crippen LogP contribution in [-0.2, 0) is 11.3 Å². The second-order valence-corrected chi connectivity index (χ2v) is 2.52. The van der Waals surface area contributed by atoms with E-state index in [1.54, 1.807) is 7.11 Å². The second-order valence-electron chi connectivity index (χ2n) is 2.12. The molecule has 56 valence electrons. The Labute approximate surface area is 64.4 Å². The van der Waals surface area contributed by atoms with Gasteiger partial charge in [-0.25, -0.2) is 0 Å². The number of hydrogen-bond donors (Lipinski definition) is 2. The number of nitrogens with one attached hydrogen (secondary N) is 2. The fourth-order valence-corrected chi connectivity index (χ4v) is 0.920. The molecule has 3 nitrogen and oxygen atoms in total. The zero-order valence-electron chi connectivity index (χ0n) is 6.02. The van der Waals surface area contributed by atoms with Gasteiger partial charge in [0.1, 0.15) is 4.64 Å². The van der Waals surface area contributed by atoms with Crippen LogP contribution in [-0.4, -0.2) is 17.3 Å². The molecule has 0 fully saturated rings. The summed E-state index contributed by atoms with van der Waals surface area (Å²) in [4.78, 5) is 0. The Kier molecular flexibility index (Phi) is 2.24. The van der Waals surface area contributed by atoms with Gasteiger partial charge in [0, 0.05) is 12.7 Å². The van der Waals surface area contributed by atoms with Gasteiger partial charge in [0.05, 0.1) is 12.3 Å². The number of ether oxygens (including phenoxy) is 1. The zero-order chi connectivity index (χ0) is 7.56. The maximum absolute atomic E-state index is 4.95. The summed E-state index contributed by atoms with van der Waals surface area (Å²) in [6, 6.07) is 0. The van der Waals surface area contributed by atoms with E-state index in [1.807, 2.05) is 6.92 Å². The monoisotopic (exact) mass is 158 g/mol. The van der Waals surface area contributed by atoms with Crippen molar-refractivity contribution in [2.45, 2.75) is 13.5 Å². The lowest BCUT2D eigenvalue weighted by atomic mass is 10.3. The number of rotatable bonds is 2. The van der Waals surface area contributed by atoms with Crippen molar-refractivity contribution in [1.82, 2.24) is 10.2 Å². The predicted molar refractivity (Wildman–Crippen MR) is 41.4 cm³/mol. The SMILES string of the molecule is COCc1[nH][nH]c(=S)c1C. The predicted octanol–water partition coefficient (Wildman–Crippen LogP) is 1.53. The molecule has 0 unspecified atom stereocenters.